The number of ether oxygens (including phenoxy) is 1. The van der Waals surface area contributed by atoms with Crippen molar-refractivity contribution in [2.24, 2.45) is 0 Å². The number of esters is 1. The fourth-order valence-corrected chi connectivity index (χ4v) is 2.24. The number of hydrogen-bond acceptors (Lipinski definition) is 4. The number of carbonyl (C=O) groups excluding carboxylic acids is 2. The molecule has 0 fully saturated rings. The van der Waals surface area contributed by atoms with Crippen LogP contribution >= 0.6 is 11.8 Å². The Morgan fingerprint density at radius 1 is 1.29 bits per heavy atom. The third-order valence-corrected chi connectivity index (χ3v) is 3.81. The van der Waals surface area contributed by atoms with Crippen LogP contribution in [0.3, 0.4) is 0 Å². The molecule has 1 rings (SSSR count). The number of nitrogens with one attached hydrogen (secondary N) is 2. The maximum atomic E-state index is 12.0. The quantitative estimate of drug-likeness (QED) is 0.793. The zero-order valence-corrected chi connectivity index (χ0v) is 13.7. The van der Waals surface area contributed by atoms with Gasteiger partial charge in [0.05, 0.1) is 7.11 Å². The first-order chi connectivity index (χ1) is 9.97. The lowest BCUT2D eigenvalue weighted by Crippen LogP contribution is -2.44. The molecule has 1 aromatic carbocycles. The predicted octanol–water partition coefficient (Wildman–Crippen LogP) is 2.72. The van der Waals surface area contributed by atoms with Crippen LogP contribution in [0.2, 0.25) is 0 Å². The molecule has 2 N–H and O–H groups in total. The highest BCUT2D eigenvalue weighted by molar-refractivity contribution is 7.98. The predicted molar refractivity (Wildman–Crippen MR) is 86.9 cm³/mol. The third kappa shape index (κ3) is 5.67. The highest BCUT2D eigenvalue weighted by Crippen LogP contribution is 2.14. The van der Waals surface area contributed by atoms with E-state index in [4.69, 9.17) is 4.74 Å². The number of urea groups is 1. The molecule has 21 heavy (non-hydrogen) atoms. The van der Waals surface area contributed by atoms with Gasteiger partial charge in [0.2, 0.25) is 0 Å². The first-order valence-corrected chi connectivity index (χ1v) is 8.09. The van der Waals surface area contributed by atoms with Gasteiger partial charge < -0.3 is 15.4 Å². The summed E-state index contributed by atoms with van der Waals surface area (Å²) < 4.78 is 4.70. The minimum atomic E-state index is -0.631. The zero-order chi connectivity index (χ0) is 15.8. The number of benzene rings is 1. The summed E-state index contributed by atoms with van der Waals surface area (Å²) in [4.78, 5) is 23.6. The van der Waals surface area contributed by atoms with E-state index in [1.165, 1.54) is 7.11 Å². The van der Waals surface area contributed by atoms with Gasteiger partial charge in [-0.25, -0.2) is 9.59 Å². The Hall–Kier alpha value is -1.69. The third-order valence-electron chi connectivity index (χ3n) is 3.17. The first-order valence-electron chi connectivity index (χ1n) is 6.69. The summed E-state index contributed by atoms with van der Waals surface area (Å²) in [7, 11) is 1.32. The molecule has 0 aliphatic carbocycles. The van der Waals surface area contributed by atoms with Gasteiger partial charge in [-0.2, -0.15) is 11.8 Å². The van der Waals surface area contributed by atoms with Crippen molar-refractivity contribution in [1.29, 1.82) is 0 Å². The summed E-state index contributed by atoms with van der Waals surface area (Å²) in [5, 5.41) is 5.38. The van der Waals surface area contributed by atoms with E-state index in [9.17, 15) is 9.59 Å². The van der Waals surface area contributed by atoms with E-state index in [1.54, 1.807) is 11.8 Å². The molecule has 0 unspecified atom stereocenters. The molecular formula is C15H22N2O3S. The van der Waals surface area contributed by atoms with Gasteiger partial charge in [-0.15, -0.1) is 0 Å². The van der Waals surface area contributed by atoms with Crippen molar-refractivity contribution in [2.75, 3.05) is 24.4 Å². The molecule has 5 nitrogen and oxygen atoms in total. The topological polar surface area (TPSA) is 67.4 Å². The second-order valence-corrected chi connectivity index (χ2v) is 5.74. The number of thioether (sulfide) groups is 1. The van der Waals surface area contributed by atoms with Crippen molar-refractivity contribution in [1.82, 2.24) is 5.32 Å². The van der Waals surface area contributed by atoms with Crippen LogP contribution in [0.25, 0.3) is 0 Å². The molecule has 1 atom stereocenters. The molecule has 0 aliphatic heterocycles. The largest absolute Gasteiger partial charge is 0.467 e. The molecule has 0 saturated carbocycles. The molecule has 116 valence electrons. The SMILES string of the molecule is COC(=O)[C@H](CCSC)NC(=O)Nc1ccc(C)c(C)c1. The molecule has 0 radical (unpaired) electrons. The zero-order valence-electron chi connectivity index (χ0n) is 12.9. The van der Waals surface area contributed by atoms with E-state index in [2.05, 4.69) is 10.6 Å². The summed E-state index contributed by atoms with van der Waals surface area (Å²) in [5.41, 5.74) is 2.96. The summed E-state index contributed by atoms with van der Waals surface area (Å²) >= 11 is 1.61. The van der Waals surface area contributed by atoms with Crippen LogP contribution < -0.4 is 10.6 Å². The van der Waals surface area contributed by atoms with Crippen LogP contribution in [0.5, 0.6) is 0 Å². The van der Waals surface area contributed by atoms with Crippen LogP contribution in [0, 0.1) is 13.8 Å². The standard InChI is InChI=1S/C15H22N2O3S/c1-10-5-6-12(9-11(10)2)16-15(19)17-13(7-8-21-4)14(18)20-3/h5-6,9,13H,7-8H2,1-4H3,(H2,16,17,19)/t13-/m0/s1. The summed E-state index contributed by atoms with van der Waals surface area (Å²) in [6, 6.07) is 4.63. The van der Waals surface area contributed by atoms with Crippen LogP contribution in [0.1, 0.15) is 17.5 Å². The van der Waals surface area contributed by atoms with Crippen LogP contribution in [-0.4, -0.2) is 37.2 Å². The smallest absolute Gasteiger partial charge is 0.328 e. The number of rotatable bonds is 6. The van der Waals surface area contributed by atoms with E-state index in [0.29, 0.717) is 12.1 Å². The minimum absolute atomic E-state index is 0.408. The lowest BCUT2D eigenvalue weighted by atomic mass is 10.1. The Bertz CT molecular complexity index is 506. The van der Waals surface area contributed by atoms with E-state index < -0.39 is 18.0 Å². The number of anilines is 1. The molecule has 6 heteroatoms. The average molecular weight is 310 g/mol. The monoisotopic (exact) mass is 310 g/mol. The van der Waals surface area contributed by atoms with Crippen molar-refractivity contribution in [3.8, 4) is 0 Å². The van der Waals surface area contributed by atoms with E-state index >= 15 is 0 Å². The highest BCUT2D eigenvalue weighted by atomic mass is 32.2. The van der Waals surface area contributed by atoms with Gasteiger partial charge in [0.1, 0.15) is 6.04 Å². The Morgan fingerprint density at radius 3 is 2.57 bits per heavy atom. The fraction of sp³-hybridized carbons (Fsp3) is 0.467. The van der Waals surface area contributed by atoms with E-state index in [1.807, 2.05) is 38.3 Å². The Balaban J connectivity index is 2.64. The molecule has 0 aromatic heterocycles. The van der Waals surface area contributed by atoms with Crippen molar-refractivity contribution < 1.29 is 14.3 Å². The minimum Gasteiger partial charge on any atom is -0.467 e. The van der Waals surface area contributed by atoms with Crippen LogP contribution in [0.4, 0.5) is 10.5 Å². The van der Waals surface area contributed by atoms with Crippen molar-refractivity contribution >= 4 is 29.4 Å². The van der Waals surface area contributed by atoms with Gasteiger partial charge in [0, 0.05) is 5.69 Å². The Morgan fingerprint density at radius 2 is 2.00 bits per heavy atom. The van der Waals surface area contributed by atoms with Crippen molar-refractivity contribution in [2.45, 2.75) is 26.3 Å². The van der Waals surface area contributed by atoms with Gasteiger partial charge in [-0.05, 0) is 55.5 Å². The van der Waals surface area contributed by atoms with Crippen molar-refractivity contribution in [3.05, 3.63) is 29.3 Å². The van der Waals surface area contributed by atoms with Crippen LogP contribution in [0.15, 0.2) is 18.2 Å². The van der Waals surface area contributed by atoms with Gasteiger partial charge in [0.15, 0.2) is 0 Å². The molecule has 0 aliphatic rings. The van der Waals surface area contributed by atoms with Crippen molar-refractivity contribution in [3.63, 3.8) is 0 Å². The van der Waals surface area contributed by atoms with Gasteiger partial charge in [-0.3, -0.25) is 0 Å². The molecule has 1 aromatic rings. The molecule has 0 saturated heterocycles. The normalized spacial score (nSPS) is 11.6. The second-order valence-electron chi connectivity index (χ2n) is 4.75. The number of amides is 2. The molecule has 0 spiro atoms. The Labute approximate surface area is 129 Å². The Kier molecular flexibility index (Phi) is 7.08. The van der Waals surface area contributed by atoms with Crippen LogP contribution in [-0.2, 0) is 9.53 Å². The summed E-state index contributed by atoms with van der Waals surface area (Å²) in [6.07, 6.45) is 2.48. The number of hydrogen-bond donors (Lipinski definition) is 2. The average Bonchev–Trinajstić information content (AvgIpc) is 2.46. The molecule has 0 bridgehead atoms. The van der Waals surface area contributed by atoms with Gasteiger partial charge in [0.25, 0.3) is 0 Å². The maximum Gasteiger partial charge on any atom is 0.328 e. The summed E-state index contributed by atoms with van der Waals surface area (Å²) in [6.45, 7) is 3.99. The fourth-order valence-electron chi connectivity index (χ4n) is 1.77. The number of carbonyl (C=O) groups is 2. The maximum absolute atomic E-state index is 12.0. The van der Waals surface area contributed by atoms with E-state index in [0.717, 1.165) is 16.9 Å². The number of methoxy groups -OCH3 is 1. The lowest BCUT2D eigenvalue weighted by molar-refractivity contribution is -0.142. The molecule has 0 heterocycles. The summed E-state index contributed by atoms with van der Waals surface area (Å²) in [5.74, 6) is 0.336. The number of aryl methyl sites for hydroxylation is 2. The molecule has 2 amide bonds. The first kappa shape index (κ1) is 17.4. The van der Waals surface area contributed by atoms with Gasteiger partial charge in [-0.1, -0.05) is 6.07 Å². The highest BCUT2D eigenvalue weighted by Gasteiger charge is 2.20. The molecular weight excluding hydrogens is 288 g/mol. The van der Waals surface area contributed by atoms with Gasteiger partial charge >= 0.3 is 12.0 Å². The second kappa shape index (κ2) is 8.56. The lowest BCUT2D eigenvalue weighted by Gasteiger charge is -2.16. The van der Waals surface area contributed by atoms with E-state index in [-0.39, 0.29) is 0 Å².